The van der Waals surface area contributed by atoms with Crippen LogP contribution in [0.2, 0.25) is 0 Å². The summed E-state index contributed by atoms with van der Waals surface area (Å²) in [7, 11) is 1.53. The Morgan fingerprint density at radius 2 is 2.19 bits per heavy atom. The minimum atomic E-state index is -0.157. The number of nitrogens with one attached hydrogen (secondary N) is 1. The number of hydrogen-bond donors (Lipinski definition) is 1. The van der Waals surface area contributed by atoms with E-state index in [-0.39, 0.29) is 5.91 Å². The number of fused-ring (bicyclic) bond motifs is 1. The predicted octanol–water partition coefficient (Wildman–Crippen LogP) is 2.08. The third kappa shape index (κ3) is 4.60. The lowest BCUT2D eigenvalue weighted by Gasteiger charge is -2.21. The summed E-state index contributed by atoms with van der Waals surface area (Å²) in [5.41, 5.74) is 2.64. The van der Waals surface area contributed by atoms with Crippen LogP contribution in [0.15, 0.2) is 24.4 Å². The number of aromatic nitrogens is 3. The van der Waals surface area contributed by atoms with Gasteiger partial charge in [0.25, 0.3) is 5.91 Å². The van der Waals surface area contributed by atoms with Crippen LogP contribution in [0.5, 0.6) is 5.88 Å². The molecule has 1 aliphatic heterocycles. The largest absolute Gasteiger partial charge is 0.481 e. The minimum absolute atomic E-state index is 0.157. The number of carbonyl (C=O) groups is 1. The van der Waals surface area contributed by atoms with Crippen molar-refractivity contribution in [3.63, 3.8) is 0 Å². The average molecular weight is 357 g/mol. The smallest absolute Gasteiger partial charge is 0.251 e. The molecule has 1 N–H and O–H groups in total. The Morgan fingerprint density at radius 3 is 2.96 bits per heavy atom. The van der Waals surface area contributed by atoms with Gasteiger partial charge in [0.1, 0.15) is 0 Å². The Labute approximate surface area is 154 Å². The number of nitrogens with zero attached hydrogens (tertiary/aromatic N) is 4. The molecule has 0 saturated carbocycles. The SMILES string of the molecule is COc1cc(C(=O)NCc2cc3n(n2)CCCN(CC(C)C)C3)ccn1. The summed E-state index contributed by atoms with van der Waals surface area (Å²) in [6.45, 7) is 8.96. The first-order chi connectivity index (χ1) is 12.5. The van der Waals surface area contributed by atoms with Crippen molar-refractivity contribution in [2.45, 2.75) is 39.9 Å². The zero-order valence-corrected chi connectivity index (χ0v) is 15.7. The molecule has 0 saturated heterocycles. The second-order valence-corrected chi connectivity index (χ2v) is 7.10. The summed E-state index contributed by atoms with van der Waals surface area (Å²) >= 11 is 0. The topological polar surface area (TPSA) is 72.3 Å². The molecule has 7 heteroatoms. The first kappa shape index (κ1) is 18.4. The molecule has 3 rings (SSSR count). The van der Waals surface area contributed by atoms with E-state index in [1.807, 2.05) is 0 Å². The molecule has 2 aromatic heterocycles. The van der Waals surface area contributed by atoms with E-state index in [1.54, 1.807) is 18.3 Å². The van der Waals surface area contributed by atoms with Crippen LogP contribution in [-0.4, -0.2) is 45.8 Å². The minimum Gasteiger partial charge on any atom is -0.481 e. The number of carbonyl (C=O) groups excluding carboxylic acids is 1. The van der Waals surface area contributed by atoms with Crippen molar-refractivity contribution in [3.05, 3.63) is 41.3 Å². The maximum Gasteiger partial charge on any atom is 0.251 e. The molecule has 7 nitrogen and oxygen atoms in total. The molecule has 0 aliphatic carbocycles. The van der Waals surface area contributed by atoms with Gasteiger partial charge in [-0.2, -0.15) is 5.10 Å². The molecule has 0 atom stereocenters. The molecule has 3 heterocycles. The molecule has 0 spiro atoms. The van der Waals surface area contributed by atoms with Crippen molar-refractivity contribution in [3.8, 4) is 5.88 Å². The van der Waals surface area contributed by atoms with Gasteiger partial charge in [-0.1, -0.05) is 13.8 Å². The van der Waals surface area contributed by atoms with Gasteiger partial charge >= 0.3 is 0 Å². The van der Waals surface area contributed by atoms with Gasteiger partial charge in [-0.05, 0) is 24.5 Å². The maximum absolute atomic E-state index is 12.3. The van der Waals surface area contributed by atoms with E-state index >= 15 is 0 Å². The van der Waals surface area contributed by atoms with Gasteiger partial charge in [0.15, 0.2) is 0 Å². The first-order valence-electron chi connectivity index (χ1n) is 9.11. The van der Waals surface area contributed by atoms with Gasteiger partial charge < -0.3 is 10.1 Å². The number of pyridine rings is 1. The molecule has 1 amide bonds. The summed E-state index contributed by atoms with van der Waals surface area (Å²) in [5, 5.41) is 7.59. The van der Waals surface area contributed by atoms with Crippen molar-refractivity contribution in [2.75, 3.05) is 20.2 Å². The van der Waals surface area contributed by atoms with Gasteiger partial charge in [-0.3, -0.25) is 14.4 Å². The summed E-state index contributed by atoms with van der Waals surface area (Å²) in [6, 6.07) is 5.40. The van der Waals surface area contributed by atoms with Gasteiger partial charge in [-0.25, -0.2) is 4.98 Å². The standard InChI is InChI=1S/C19H27N5O2/c1-14(2)12-23-7-4-8-24-17(13-23)10-16(22-24)11-21-19(25)15-5-6-20-18(9-15)26-3/h5-6,9-10,14H,4,7-8,11-13H2,1-3H3,(H,21,25). The molecule has 0 unspecified atom stereocenters. The van der Waals surface area contributed by atoms with Crippen LogP contribution >= 0.6 is 0 Å². The van der Waals surface area contributed by atoms with E-state index in [4.69, 9.17) is 4.74 Å². The van der Waals surface area contributed by atoms with E-state index in [1.165, 1.54) is 12.8 Å². The fourth-order valence-electron chi connectivity index (χ4n) is 3.28. The van der Waals surface area contributed by atoms with E-state index in [0.717, 1.165) is 38.3 Å². The van der Waals surface area contributed by atoms with Crippen LogP contribution in [0.4, 0.5) is 0 Å². The number of ether oxygens (including phenoxy) is 1. The molecule has 140 valence electrons. The molecule has 1 aliphatic rings. The number of amides is 1. The zero-order chi connectivity index (χ0) is 18.5. The fraction of sp³-hybridized carbons (Fsp3) is 0.526. The third-order valence-electron chi connectivity index (χ3n) is 4.40. The van der Waals surface area contributed by atoms with E-state index in [9.17, 15) is 4.79 Å². The number of rotatable bonds is 6. The van der Waals surface area contributed by atoms with Gasteiger partial charge in [-0.15, -0.1) is 0 Å². The zero-order valence-electron chi connectivity index (χ0n) is 15.7. The normalized spacial score (nSPS) is 14.8. The highest BCUT2D eigenvalue weighted by atomic mass is 16.5. The van der Waals surface area contributed by atoms with Crippen molar-refractivity contribution < 1.29 is 9.53 Å². The lowest BCUT2D eigenvalue weighted by atomic mass is 10.2. The molecular formula is C19H27N5O2. The number of hydrogen-bond acceptors (Lipinski definition) is 5. The van der Waals surface area contributed by atoms with Crippen LogP contribution in [0.1, 0.15) is 42.0 Å². The van der Waals surface area contributed by atoms with E-state index in [0.29, 0.717) is 23.9 Å². The van der Waals surface area contributed by atoms with Crippen LogP contribution in [0.25, 0.3) is 0 Å². The second-order valence-electron chi connectivity index (χ2n) is 7.10. The summed E-state index contributed by atoms with van der Waals surface area (Å²) in [5.74, 6) is 0.924. The van der Waals surface area contributed by atoms with Crippen molar-refractivity contribution in [2.24, 2.45) is 5.92 Å². The second kappa shape index (κ2) is 8.31. The molecule has 2 aromatic rings. The van der Waals surface area contributed by atoms with Crippen molar-refractivity contribution in [1.29, 1.82) is 0 Å². The monoisotopic (exact) mass is 357 g/mol. The number of methoxy groups -OCH3 is 1. The van der Waals surface area contributed by atoms with Crippen LogP contribution < -0.4 is 10.1 Å². The Bertz CT molecular complexity index is 756. The molecule has 0 bridgehead atoms. The quantitative estimate of drug-likeness (QED) is 0.857. The Morgan fingerprint density at radius 1 is 1.35 bits per heavy atom. The Balaban J connectivity index is 1.62. The predicted molar refractivity (Wildman–Crippen MR) is 98.9 cm³/mol. The lowest BCUT2D eigenvalue weighted by molar-refractivity contribution is 0.0949. The van der Waals surface area contributed by atoms with E-state index in [2.05, 4.69) is 44.9 Å². The highest BCUT2D eigenvalue weighted by molar-refractivity contribution is 5.94. The molecular weight excluding hydrogens is 330 g/mol. The van der Waals surface area contributed by atoms with Gasteiger partial charge in [0, 0.05) is 44.0 Å². The van der Waals surface area contributed by atoms with E-state index < -0.39 is 0 Å². The number of aryl methyl sites for hydroxylation is 1. The first-order valence-corrected chi connectivity index (χ1v) is 9.11. The summed E-state index contributed by atoms with van der Waals surface area (Å²) in [6.07, 6.45) is 2.67. The summed E-state index contributed by atoms with van der Waals surface area (Å²) in [4.78, 5) is 18.8. The van der Waals surface area contributed by atoms with Crippen LogP contribution in [-0.2, 0) is 19.6 Å². The van der Waals surface area contributed by atoms with Gasteiger partial charge in [0.2, 0.25) is 5.88 Å². The fourth-order valence-corrected chi connectivity index (χ4v) is 3.28. The van der Waals surface area contributed by atoms with Crippen molar-refractivity contribution >= 4 is 5.91 Å². The average Bonchev–Trinajstić information content (AvgIpc) is 2.91. The van der Waals surface area contributed by atoms with Gasteiger partial charge in [0.05, 0.1) is 25.0 Å². The third-order valence-corrected chi connectivity index (χ3v) is 4.40. The molecule has 0 radical (unpaired) electrons. The lowest BCUT2D eigenvalue weighted by Crippen LogP contribution is -2.27. The molecule has 26 heavy (non-hydrogen) atoms. The highest BCUT2D eigenvalue weighted by Gasteiger charge is 2.17. The Kier molecular flexibility index (Phi) is 5.88. The Hall–Kier alpha value is -2.41. The maximum atomic E-state index is 12.3. The van der Waals surface area contributed by atoms with Crippen LogP contribution in [0.3, 0.4) is 0 Å². The summed E-state index contributed by atoms with van der Waals surface area (Å²) < 4.78 is 7.14. The van der Waals surface area contributed by atoms with Crippen LogP contribution in [0, 0.1) is 5.92 Å². The molecule has 0 aromatic carbocycles. The highest BCUT2D eigenvalue weighted by Crippen LogP contribution is 2.15. The molecule has 0 fully saturated rings. The van der Waals surface area contributed by atoms with Crippen molar-refractivity contribution in [1.82, 2.24) is 25.0 Å².